The number of imidazole rings is 1. The lowest BCUT2D eigenvalue weighted by molar-refractivity contribution is -0.125. The number of aliphatic hydroxyl groups is 2. The molecule has 0 bridgehead atoms. The van der Waals surface area contributed by atoms with Crippen molar-refractivity contribution in [1.29, 1.82) is 0 Å². The van der Waals surface area contributed by atoms with Gasteiger partial charge in [-0.1, -0.05) is 0 Å². The molecule has 1 aromatic heterocycles. The van der Waals surface area contributed by atoms with E-state index >= 15 is 0 Å². The van der Waals surface area contributed by atoms with Crippen LogP contribution in [-0.2, 0) is 11.2 Å². The second-order valence-electron chi connectivity index (χ2n) is 4.31. The van der Waals surface area contributed by atoms with Crippen molar-refractivity contribution in [3.05, 3.63) is 18.2 Å². The van der Waals surface area contributed by atoms with Crippen molar-refractivity contribution >= 4 is 11.6 Å². The number of nitrogens with one attached hydrogen (secondary N) is 1. The van der Waals surface area contributed by atoms with Crippen LogP contribution in [0.4, 0.5) is 0 Å². The molecule has 8 nitrogen and oxygen atoms in total. The first kappa shape index (κ1) is 13.7. The summed E-state index contributed by atoms with van der Waals surface area (Å²) in [5.41, 5.74) is 6.87. The van der Waals surface area contributed by atoms with Gasteiger partial charge < -0.3 is 25.8 Å². The first-order valence-corrected chi connectivity index (χ1v) is 5.99. The van der Waals surface area contributed by atoms with Crippen LogP contribution >= 0.6 is 0 Å². The molecule has 1 aromatic rings. The maximum atomic E-state index is 12.2. The van der Waals surface area contributed by atoms with Crippen LogP contribution in [0.1, 0.15) is 5.69 Å². The first-order valence-electron chi connectivity index (χ1n) is 5.99. The van der Waals surface area contributed by atoms with Gasteiger partial charge in [-0.3, -0.25) is 9.79 Å². The number of nitrogens with zero attached hydrogens (tertiary/aromatic N) is 3. The summed E-state index contributed by atoms with van der Waals surface area (Å²) in [6.45, 7) is -0.304. The summed E-state index contributed by atoms with van der Waals surface area (Å²) in [5.74, 6) is -0.266. The van der Waals surface area contributed by atoms with Crippen molar-refractivity contribution in [3.8, 4) is 0 Å². The standard InChI is InChI=1S/C11H17N5O3/c12-8(5-18)10-15-9(3-7-4-13-6-14-7)11(19)16(10)1-2-17/h4,6,8,10,17-18H,1-3,5,12H2,(H,13,14). The Morgan fingerprint density at radius 2 is 2.32 bits per heavy atom. The molecule has 1 aliphatic heterocycles. The fourth-order valence-corrected chi connectivity index (χ4v) is 2.02. The molecular formula is C11H17N5O3. The van der Waals surface area contributed by atoms with Crippen LogP contribution < -0.4 is 5.73 Å². The Hall–Kier alpha value is -1.77. The predicted octanol–water partition coefficient (Wildman–Crippen LogP) is -2.13. The van der Waals surface area contributed by atoms with Gasteiger partial charge >= 0.3 is 0 Å². The van der Waals surface area contributed by atoms with E-state index in [1.165, 1.54) is 11.2 Å². The third-order valence-electron chi connectivity index (χ3n) is 2.96. The van der Waals surface area contributed by atoms with E-state index < -0.39 is 12.2 Å². The molecule has 0 saturated carbocycles. The lowest BCUT2D eigenvalue weighted by atomic mass is 10.2. The van der Waals surface area contributed by atoms with Gasteiger partial charge in [-0.2, -0.15) is 0 Å². The Morgan fingerprint density at radius 3 is 2.89 bits per heavy atom. The molecule has 104 valence electrons. The molecule has 2 rings (SSSR count). The summed E-state index contributed by atoms with van der Waals surface area (Å²) in [7, 11) is 0. The molecular weight excluding hydrogens is 250 g/mol. The third-order valence-corrected chi connectivity index (χ3v) is 2.96. The van der Waals surface area contributed by atoms with Crippen molar-refractivity contribution < 1.29 is 15.0 Å². The van der Waals surface area contributed by atoms with Crippen molar-refractivity contribution in [2.24, 2.45) is 10.7 Å². The molecule has 0 spiro atoms. The second-order valence-corrected chi connectivity index (χ2v) is 4.31. The van der Waals surface area contributed by atoms with E-state index in [2.05, 4.69) is 15.0 Å². The summed E-state index contributed by atoms with van der Waals surface area (Å²) in [5, 5.41) is 18.1. The highest BCUT2D eigenvalue weighted by atomic mass is 16.3. The van der Waals surface area contributed by atoms with E-state index in [0.29, 0.717) is 12.1 Å². The van der Waals surface area contributed by atoms with Gasteiger partial charge in [0.2, 0.25) is 0 Å². The van der Waals surface area contributed by atoms with E-state index in [1.54, 1.807) is 6.20 Å². The summed E-state index contributed by atoms with van der Waals surface area (Å²) in [4.78, 5) is 24.6. The molecule has 0 radical (unpaired) electrons. The number of carbonyl (C=O) groups excluding carboxylic acids is 1. The molecule has 0 aromatic carbocycles. The van der Waals surface area contributed by atoms with Gasteiger partial charge in [-0.25, -0.2) is 4.98 Å². The average molecular weight is 267 g/mol. The number of carbonyl (C=O) groups is 1. The van der Waals surface area contributed by atoms with Gasteiger partial charge in [0.1, 0.15) is 11.9 Å². The number of β-amino-alcohol motifs (C(OH)–C–C–N with tert-alkyl or cyclic N) is 1. The summed E-state index contributed by atoms with van der Waals surface area (Å²) in [6, 6.07) is -0.658. The van der Waals surface area contributed by atoms with E-state index in [9.17, 15) is 4.79 Å². The van der Waals surface area contributed by atoms with E-state index in [-0.39, 0.29) is 25.7 Å². The molecule has 8 heteroatoms. The van der Waals surface area contributed by atoms with E-state index in [0.717, 1.165) is 5.69 Å². The van der Waals surface area contributed by atoms with E-state index in [4.69, 9.17) is 15.9 Å². The number of aromatic nitrogens is 2. The molecule has 0 saturated heterocycles. The third kappa shape index (κ3) is 2.80. The van der Waals surface area contributed by atoms with Crippen LogP contribution in [-0.4, -0.2) is 68.7 Å². The normalized spacial score (nSPS) is 20.8. The molecule has 0 fully saturated rings. The Balaban J connectivity index is 2.16. The number of aliphatic hydroxyl groups excluding tert-OH is 2. The van der Waals surface area contributed by atoms with Crippen LogP contribution in [0.5, 0.6) is 0 Å². The van der Waals surface area contributed by atoms with Gasteiger partial charge in [0, 0.05) is 24.9 Å². The smallest absolute Gasteiger partial charge is 0.270 e. The van der Waals surface area contributed by atoms with Gasteiger partial charge in [0.15, 0.2) is 0 Å². The van der Waals surface area contributed by atoms with Gasteiger partial charge in [-0.15, -0.1) is 0 Å². The summed E-state index contributed by atoms with van der Waals surface area (Å²) >= 11 is 0. The largest absolute Gasteiger partial charge is 0.395 e. The fraction of sp³-hybridized carbons (Fsp3) is 0.545. The first-order chi connectivity index (χ1) is 9.17. The predicted molar refractivity (Wildman–Crippen MR) is 67.4 cm³/mol. The van der Waals surface area contributed by atoms with E-state index in [1.807, 2.05) is 0 Å². The van der Waals surface area contributed by atoms with Gasteiger partial charge in [-0.05, 0) is 0 Å². The highest BCUT2D eigenvalue weighted by Gasteiger charge is 2.36. The average Bonchev–Trinajstić information content (AvgIpc) is 3.01. The van der Waals surface area contributed by atoms with Crippen LogP contribution in [0.2, 0.25) is 0 Å². The number of rotatable bonds is 6. The molecule has 1 aliphatic rings. The zero-order valence-electron chi connectivity index (χ0n) is 10.4. The molecule has 2 unspecified atom stereocenters. The van der Waals surface area contributed by atoms with Crippen molar-refractivity contribution in [3.63, 3.8) is 0 Å². The van der Waals surface area contributed by atoms with Crippen molar-refractivity contribution in [1.82, 2.24) is 14.9 Å². The maximum absolute atomic E-state index is 12.2. The lowest BCUT2D eigenvalue weighted by Gasteiger charge is -2.25. The lowest BCUT2D eigenvalue weighted by Crippen LogP contribution is -2.49. The Kier molecular flexibility index (Phi) is 4.25. The van der Waals surface area contributed by atoms with Crippen molar-refractivity contribution in [2.75, 3.05) is 19.8 Å². The monoisotopic (exact) mass is 267 g/mol. The van der Waals surface area contributed by atoms with Crippen LogP contribution in [0.15, 0.2) is 17.5 Å². The molecule has 1 amide bonds. The van der Waals surface area contributed by atoms with Crippen LogP contribution in [0, 0.1) is 0 Å². The molecule has 5 N–H and O–H groups in total. The minimum atomic E-state index is -0.658. The SMILES string of the molecule is NC(CO)C1N=C(Cc2cnc[nH]2)C(=O)N1CCO. The van der Waals surface area contributed by atoms with Crippen LogP contribution in [0.3, 0.4) is 0 Å². The number of hydrogen-bond donors (Lipinski definition) is 4. The minimum Gasteiger partial charge on any atom is -0.395 e. The van der Waals surface area contributed by atoms with Gasteiger partial charge in [0.25, 0.3) is 5.91 Å². The summed E-state index contributed by atoms with van der Waals surface area (Å²) < 4.78 is 0. The second kappa shape index (κ2) is 5.91. The van der Waals surface area contributed by atoms with Crippen molar-refractivity contribution in [2.45, 2.75) is 18.6 Å². The topological polar surface area (TPSA) is 128 Å². The zero-order valence-corrected chi connectivity index (χ0v) is 10.4. The number of H-pyrrole nitrogens is 1. The Labute approximate surface area is 110 Å². The molecule has 2 atom stereocenters. The Morgan fingerprint density at radius 1 is 1.53 bits per heavy atom. The molecule has 19 heavy (non-hydrogen) atoms. The highest BCUT2D eigenvalue weighted by Crippen LogP contribution is 2.16. The number of aromatic amines is 1. The molecule has 2 heterocycles. The van der Waals surface area contributed by atoms with Crippen LogP contribution in [0.25, 0.3) is 0 Å². The number of aliphatic imine (C=N–C) groups is 1. The minimum absolute atomic E-state index is 0.146. The number of amides is 1. The molecule has 0 aliphatic carbocycles. The van der Waals surface area contributed by atoms with Gasteiger partial charge in [0.05, 0.1) is 25.6 Å². The fourth-order valence-electron chi connectivity index (χ4n) is 2.02. The number of hydrogen-bond acceptors (Lipinski definition) is 6. The zero-order chi connectivity index (χ0) is 13.8. The maximum Gasteiger partial charge on any atom is 0.270 e. The Bertz CT molecular complexity index is 459. The highest BCUT2D eigenvalue weighted by molar-refractivity contribution is 6.40. The summed E-state index contributed by atoms with van der Waals surface area (Å²) in [6.07, 6.45) is 2.85. The number of nitrogens with two attached hydrogens (primary N) is 1. The quantitative estimate of drug-likeness (QED) is 0.468.